The summed E-state index contributed by atoms with van der Waals surface area (Å²) in [5.41, 5.74) is -0.233. The summed E-state index contributed by atoms with van der Waals surface area (Å²) in [5, 5.41) is 13.6. The molecule has 0 bridgehead atoms. The van der Waals surface area contributed by atoms with Crippen LogP contribution < -0.4 is 5.32 Å². The number of rotatable bonds is 5. The Balaban J connectivity index is 2.65. The fourth-order valence-corrected chi connectivity index (χ4v) is 2.60. The van der Waals surface area contributed by atoms with E-state index in [1.54, 1.807) is 25.3 Å². The van der Waals surface area contributed by atoms with Crippen molar-refractivity contribution < 1.29 is 14.7 Å². The van der Waals surface area contributed by atoms with Gasteiger partial charge < -0.3 is 15.3 Å². The summed E-state index contributed by atoms with van der Waals surface area (Å²) in [6.07, 6.45) is 0.325. The first-order chi connectivity index (χ1) is 8.78. The van der Waals surface area contributed by atoms with Crippen LogP contribution in [0.3, 0.4) is 0 Å². The van der Waals surface area contributed by atoms with Crippen LogP contribution in [0.5, 0.6) is 0 Å². The summed E-state index contributed by atoms with van der Waals surface area (Å²) in [5.74, 6) is -1.03. The molecule has 1 unspecified atom stereocenters. The number of urea groups is 1. The molecular formula is C12H17BrN2O3S. The Bertz CT molecular complexity index is 477. The lowest BCUT2D eigenvalue weighted by Crippen LogP contribution is -2.54. The molecule has 1 aromatic rings. The van der Waals surface area contributed by atoms with Gasteiger partial charge in [0.05, 0.1) is 3.79 Å². The third-order valence-corrected chi connectivity index (χ3v) is 4.50. The van der Waals surface area contributed by atoms with Gasteiger partial charge in [-0.1, -0.05) is 6.92 Å². The summed E-state index contributed by atoms with van der Waals surface area (Å²) in [6.45, 7) is 3.67. The van der Waals surface area contributed by atoms with E-state index < -0.39 is 17.5 Å². The van der Waals surface area contributed by atoms with Crippen molar-refractivity contribution in [3.63, 3.8) is 0 Å². The van der Waals surface area contributed by atoms with Crippen LogP contribution in [-0.4, -0.2) is 34.6 Å². The maximum Gasteiger partial charge on any atom is 0.329 e. The van der Waals surface area contributed by atoms with Crippen molar-refractivity contribution >= 4 is 39.3 Å². The van der Waals surface area contributed by atoms with E-state index in [0.29, 0.717) is 13.0 Å². The first-order valence-corrected chi connectivity index (χ1v) is 7.45. The summed E-state index contributed by atoms with van der Waals surface area (Å²) in [7, 11) is 1.64. The molecule has 2 amide bonds. The van der Waals surface area contributed by atoms with Crippen LogP contribution >= 0.6 is 27.3 Å². The molecule has 0 aliphatic rings. The second kappa shape index (κ2) is 6.38. The number of aliphatic carboxylic acids is 1. The fourth-order valence-electron chi connectivity index (χ4n) is 1.40. The molecule has 0 spiro atoms. The standard InChI is InChI=1S/C12H17BrN2O3S/c1-4-12(2,10(16)17)14-11(18)15(3)6-8-5-9(13)19-7-8/h5,7H,4,6H2,1-3H3,(H,14,18)(H,16,17). The van der Waals surface area contributed by atoms with Gasteiger partial charge >= 0.3 is 12.0 Å². The number of halogens is 1. The Hall–Kier alpha value is -1.08. The largest absolute Gasteiger partial charge is 0.480 e. The lowest BCUT2D eigenvalue weighted by molar-refractivity contribution is -0.143. The lowest BCUT2D eigenvalue weighted by atomic mass is 10.00. The molecular weight excluding hydrogens is 332 g/mol. The molecule has 0 saturated heterocycles. The maximum absolute atomic E-state index is 12.0. The van der Waals surface area contributed by atoms with Crippen LogP contribution in [0.1, 0.15) is 25.8 Å². The first-order valence-electron chi connectivity index (χ1n) is 5.78. The molecule has 1 aromatic heterocycles. The Labute approximate surface area is 124 Å². The van der Waals surface area contributed by atoms with E-state index in [1.165, 1.54) is 11.8 Å². The number of hydrogen-bond acceptors (Lipinski definition) is 3. The molecule has 7 heteroatoms. The smallest absolute Gasteiger partial charge is 0.329 e. The van der Waals surface area contributed by atoms with Crippen LogP contribution in [0.15, 0.2) is 15.2 Å². The topological polar surface area (TPSA) is 69.6 Å². The Morgan fingerprint density at radius 3 is 2.63 bits per heavy atom. The highest BCUT2D eigenvalue weighted by Gasteiger charge is 2.33. The second-order valence-corrected chi connectivity index (χ2v) is 6.83. The van der Waals surface area contributed by atoms with Gasteiger partial charge in [-0.15, -0.1) is 11.3 Å². The van der Waals surface area contributed by atoms with E-state index >= 15 is 0 Å². The van der Waals surface area contributed by atoms with Crippen LogP contribution in [0.25, 0.3) is 0 Å². The molecule has 1 rings (SSSR count). The van der Waals surface area contributed by atoms with Crippen LogP contribution in [0.4, 0.5) is 4.79 Å². The number of carboxylic acid groups (broad SMARTS) is 1. The van der Waals surface area contributed by atoms with E-state index in [1.807, 2.05) is 11.4 Å². The van der Waals surface area contributed by atoms with E-state index in [0.717, 1.165) is 9.35 Å². The van der Waals surface area contributed by atoms with Gasteiger partial charge in [0.2, 0.25) is 0 Å². The Kier molecular flexibility index (Phi) is 5.37. The lowest BCUT2D eigenvalue weighted by Gasteiger charge is -2.28. The van der Waals surface area contributed by atoms with Crippen molar-refractivity contribution in [2.45, 2.75) is 32.4 Å². The quantitative estimate of drug-likeness (QED) is 0.859. The second-order valence-electron chi connectivity index (χ2n) is 4.54. The first kappa shape index (κ1) is 16.0. The normalized spacial score (nSPS) is 13.7. The third kappa shape index (κ3) is 4.21. The molecule has 5 nitrogen and oxygen atoms in total. The highest BCUT2D eigenvalue weighted by Crippen LogP contribution is 2.21. The minimum atomic E-state index is -1.24. The SMILES string of the molecule is CCC(C)(NC(=O)N(C)Cc1csc(Br)c1)C(=O)O. The number of carbonyl (C=O) groups excluding carboxylic acids is 1. The minimum Gasteiger partial charge on any atom is -0.480 e. The Morgan fingerprint density at radius 1 is 1.58 bits per heavy atom. The molecule has 106 valence electrons. The van der Waals surface area contributed by atoms with Gasteiger partial charge in [-0.25, -0.2) is 9.59 Å². The van der Waals surface area contributed by atoms with Crippen molar-refractivity contribution in [2.24, 2.45) is 0 Å². The molecule has 0 saturated carbocycles. The Morgan fingerprint density at radius 2 is 2.21 bits per heavy atom. The number of nitrogens with zero attached hydrogens (tertiary/aromatic N) is 1. The average Bonchev–Trinajstić information content (AvgIpc) is 2.74. The van der Waals surface area contributed by atoms with E-state index in [-0.39, 0.29) is 0 Å². The predicted molar refractivity (Wildman–Crippen MR) is 78.3 cm³/mol. The number of nitrogens with one attached hydrogen (secondary N) is 1. The molecule has 0 fully saturated rings. The van der Waals surface area contributed by atoms with Gasteiger partial charge in [-0.2, -0.15) is 0 Å². The summed E-state index contributed by atoms with van der Waals surface area (Å²) in [6, 6.07) is 1.54. The van der Waals surface area contributed by atoms with E-state index in [4.69, 9.17) is 5.11 Å². The number of hydrogen-bond donors (Lipinski definition) is 2. The summed E-state index contributed by atoms with van der Waals surface area (Å²) in [4.78, 5) is 24.6. The molecule has 0 aliphatic carbocycles. The van der Waals surface area contributed by atoms with Crippen LogP contribution in [0, 0.1) is 0 Å². The number of thiophene rings is 1. The van der Waals surface area contributed by atoms with Crippen LogP contribution in [0.2, 0.25) is 0 Å². The number of carbonyl (C=O) groups is 2. The van der Waals surface area contributed by atoms with Crippen molar-refractivity contribution in [2.75, 3.05) is 7.05 Å². The monoisotopic (exact) mass is 348 g/mol. The average molecular weight is 349 g/mol. The van der Waals surface area contributed by atoms with Gasteiger partial charge in [0.15, 0.2) is 0 Å². The molecule has 19 heavy (non-hydrogen) atoms. The highest BCUT2D eigenvalue weighted by molar-refractivity contribution is 9.11. The van der Waals surface area contributed by atoms with Crippen LogP contribution in [-0.2, 0) is 11.3 Å². The molecule has 1 heterocycles. The predicted octanol–water partition coefficient (Wildman–Crippen LogP) is 2.91. The van der Waals surface area contributed by atoms with Gasteiger partial charge in [0, 0.05) is 13.6 Å². The molecule has 0 radical (unpaired) electrons. The van der Waals surface area contributed by atoms with E-state index in [2.05, 4.69) is 21.2 Å². The maximum atomic E-state index is 12.0. The van der Waals surface area contributed by atoms with Gasteiger partial charge in [0.25, 0.3) is 0 Å². The zero-order valence-corrected chi connectivity index (χ0v) is 13.5. The zero-order valence-electron chi connectivity index (χ0n) is 11.1. The van der Waals surface area contributed by atoms with Crippen molar-refractivity contribution in [3.8, 4) is 0 Å². The molecule has 0 aromatic carbocycles. The zero-order chi connectivity index (χ0) is 14.6. The minimum absolute atomic E-state index is 0.325. The fraction of sp³-hybridized carbons (Fsp3) is 0.500. The van der Waals surface area contributed by atoms with Crippen molar-refractivity contribution in [3.05, 3.63) is 20.8 Å². The van der Waals surface area contributed by atoms with E-state index in [9.17, 15) is 9.59 Å². The summed E-state index contributed by atoms with van der Waals surface area (Å²) < 4.78 is 1.00. The third-order valence-electron chi connectivity index (χ3n) is 2.95. The molecule has 2 N–H and O–H groups in total. The highest BCUT2D eigenvalue weighted by atomic mass is 79.9. The van der Waals surface area contributed by atoms with Crippen molar-refractivity contribution in [1.82, 2.24) is 10.2 Å². The summed E-state index contributed by atoms with van der Waals surface area (Å²) >= 11 is 4.90. The van der Waals surface area contributed by atoms with Gasteiger partial charge in [-0.3, -0.25) is 0 Å². The molecule has 1 atom stereocenters. The van der Waals surface area contributed by atoms with Gasteiger partial charge in [0.1, 0.15) is 5.54 Å². The van der Waals surface area contributed by atoms with Crippen molar-refractivity contribution in [1.29, 1.82) is 0 Å². The van der Waals surface area contributed by atoms with Gasteiger partial charge in [-0.05, 0) is 46.3 Å². The number of carboxylic acids is 1. The number of amides is 2. The molecule has 0 aliphatic heterocycles.